The highest BCUT2D eigenvalue weighted by Crippen LogP contribution is 2.31. The maximum atomic E-state index is 12.3. The van der Waals surface area contributed by atoms with Gasteiger partial charge in [0.1, 0.15) is 18.7 Å². The molecule has 4 rings (SSSR count). The van der Waals surface area contributed by atoms with E-state index in [1.807, 2.05) is 45.0 Å². The first-order chi connectivity index (χ1) is 14.9. The number of hydrogen-bond donors (Lipinski definition) is 0. The number of aromatic nitrogens is 5. The van der Waals surface area contributed by atoms with E-state index >= 15 is 0 Å². The second kappa shape index (κ2) is 9.23. The summed E-state index contributed by atoms with van der Waals surface area (Å²) in [6.45, 7) is 8.87. The van der Waals surface area contributed by atoms with Crippen LogP contribution in [0.4, 0.5) is 0 Å². The Morgan fingerprint density at radius 2 is 1.94 bits per heavy atom. The number of carbonyl (C=O) groups is 1. The number of rotatable bonds is 7. The highest BCUT2D eigenvalue weighted by atomic mass is 32.1. The number of hydrogen-bond acceptors (Lipinski definition) is 8. The molecule has 1 saturated heterocycles. The highest BCUT2D eigenvalue weighted by Gasteiger charge is 2.27. The first-order valence-corrected chi connectivity index (χ1v) is 11.4. The molecule has 31 heavy (non-hydrogen) atoms. The smallest absolute Gasteiger partial charge is 0.152 e. The van der Waals surface area contributed by atoms with Gasteiger partial charge in [0, 0.05) is 16.7 Å². The fourth-order valence-corrected chi connectivity index (χ4v) is 4.46. The molecule has 0 N–H and O–H groups in total. The van der Waals surface area contributed by atoms with Gasteiger partial charge in [-0.25, -0.2) is 9.67 Å². The predicted octanol–water partition coefficient (Wildman–Crippen LogP) is 3.49. The Bertz CT molecular complexity index is 986. The zero-order valence-electron chi connectivity index (χ0n) is 18.2. The summed E-state index contributed by atoms with van der Waals surface area (Å²) < 4.78 is 7.49. The lowest BCUT2D eigenvalue weighted by molar-refractivity contribution is -0.127. The fraction of sp³-hybridized carbons (Fsp3) is 0.500. The second-order valence-electron chi connectivity index (χ2n) is 8.94. The Labute approximate surface area is 186 Å². The van der Waals surface area contributed by atoms with Crippen LogP contribution < -0.4 is 4.74 Å². The molecule has 0 spiro atoms. The van der Waals surface area contributed by atoms with Crippen molar-refractivity contribution in [1.29, 1.82) is 0 Å². The summed E-state index contributed by atoms with van der Waals surface area (Å²) in [5, 5.41) is 14.4. The maximum absolute atomic E-state index is 12.3. The van der Waals surface area contributed by atoms with Gasteiger partial charge in [0.05, 0.1) is 22.9 Å². The van der Waals surface area contributed by atoms with Crippen molar-refractivity contribution in [3.8, 4) is 11.4 Å². The monoisotopic (exact) mass is 440 g/mol. The molecule has 9 heteroatoms. The lowest BCUT2D eigenvalue weighted by atomic mass is 9.89. The molecule has 0 atom stereocenters. The number of Topliss-reactive ketones (excluding diaryl/α,β-unsaturated/α-hetero) is 1. The van der Waals surface area contributed by atoms with Crippen LogP contribution in [0.3, 0.4) is 0 Å². The molecule has 1 aromatic carbocycles. The molecule has 0 amide bonds. The van der Waals surface area contributed by atoms with Gasteiger partial charge >= 0.3 is 0 Å². The summed E-state index contributed by atoms with van der Waals surface area (Å²) in [4.78, 5) is 19.4. The Morgan fingerprint density at radius 3 is 2.58 bits per heavy atom. The largest absolute Gasteiger partial charge is 0.487 e. The molecular weight excluding hydrogens is 412 g/mol. The average molecular weight is 441 g/mol. The van der Waals surface area contributed by atoms with E-state index in [9.17, 15) is 4.79 Å². The summed E-state index contributed by atoms with van der Waals surface area (Å²) in [5.74, 6) is 1.56. The van der Waals surface area contributed by atoms with Crippen LogP contribution in [0.2, 0.25) is 0 Å². The zero-order valence-corrected chi connectivity index (χ0v) is 19.0. The van der Waals surface area contributed by atoms with Crippen molar-refractivity contribution in [2.45, 2.75) is 46.1 Å². The topological polar surface area (TPSA) is 86.0 Å². The molecule has 3 aromatic rings. The minimum absolute atomic E-state index is 0.269. The van der Waals surface area contributed by atoms with Crippen molar-refractivity contribution >= 4 is 17.1 Å². The van der Waals surface area contributed by atoms with Crippen molar-refractivity contribution in [2.75, 3.05) is 19.6 Å². The van der Waals surface area contributed by atoms with E-state index in [-0.39, 0.29) is 5.41 Å². The van der Waals surface area contributed by atoms with Gasteiger partial charge in [-0.05, 0) is 60.6 Å². The molecule has 2 aromatic heterocycles. The number of likely N-dealkylation sites (tertiary alicyclic amines) is 1. The molecule has 1 aliphatic rings. The summed E-state index contributed by atoms with van der Waals surface area (Å²) in [6.07, 6.45) is 3.65. The normalized spacial score (nSPS) is 15.8. The summed E-state index contributed by atoms with van der Waals surface area (Å²) in [7, 11) is 0. The first-order valence-electron chi connectivity index (χ1n) is 10.5. The lowest BCUT2D eigenvalue weighted by Gasteiger charge is -2.32. The van der Waals surface area contributed by atoms with Crippen LogP contribution >= 0.6 is 11.3 Å². The molecule has 1 aliphatic heterocycles. The molecule has 1 fully saturated rings. The van der Waals surface area contributed by atoms with Crippen LogP contribution in [0.1, 0.15) is 50.2 Å². The number of benzene rings is 1. The highest BCUT2D eigenvalue weighted by molar-refractivity contribution is 7.09. The quantitative estimate of drug-likeness (QED) is 0.556. The van der Waals surface area contributed by atoms with Crippen molar-refractivity contribution in [1.82, 2.24) is 30.1 Å². The van der Waals surface area contributed by atoms with Gasteiger partial charge in [-0.1, -0.05) is 20.8 Å². The van der Waals surface area contributed by atoms with E-state index in [4.69, 9.17) is 9.72 Å². The zero-order chi connectivity index (χ0) is 21.8. The second-order valence-corrected chi connectivity index (χ2v) is 9.83. The Kier molecular flexibility index (Phi) is 6.43. The van der Waals surface area contributed by atoms with E-state index in [2.05, 4.69) is 25.8 Å². The number of thiazole rings is 1. The molecule has 0 aliphatic carbocycles. The van der Waals surface area contributed by atoms with Crippen LogP contribution in [-0.4, -0.2) is 55.5 Å². The summed E-state index contributed by atoms with van der Waals surface area (Å²) in [6, 6.07) is 7.63. The Balaban J connectivity index is 1.26. The van der Waals surface area contributed by atoms with Crippen LogP contribution in [0.5, 0.6) is 5.75 Å². The Morgan fingerprint density at radius 1 is 1.19 bits per heavy atom. The van der Waals surface area contributed by atoms with E-state index in [0.717, 1.165) is 43.1 Å². The third-order valence-electron chi connectivity index (χ3n) is 5.55. The molecule has 0 bridgehead atoms. The molecule has 3 heterocycles. The maximum Gasteiger partial charge on any atom is 0.152 e. The van der Waals surface area contributed by atoms with Crippen LogP contribution in [-0.2, 0) is 11.4 Å². The number of nitrogens with zero attached hydrogens (tertiary/aromatic N) is 6. The molecule has 8 nitrogen and oxygen atoms in total. The SMILES string of the molecule is CC(C)(C)C(=O)CN1CCC(c2nc(COc3ccc(-n4cnnn4)cc3)cs2)CC1. The number of tetrazole rings is 1. The average Bonchev–Trinajstić information content (AvgIpc) is 3.45. The number of piperidine rings is 1. The van der Waals surface area contributed by atoms with E-state index in [0.29, 0.717) is 24.9 Å². The van der Waals surface area contributed by atoms with Crippen LogP contribution in [0.25, 0.3) is 5.69 Å². The third kappa shape index (κ3) is 5.54. The van der Waals surface area contributed by atoms with Gasteiger partial charge in [-0.15, -0.1) is 16.4 Å². The number of ketones is 1. The minimum Gasteiger partial charge on any atom is -0.487 e. The number of ether oxygens (including phenoxy) is 1. The van der Waals surface area contributed by atoms with Gasteiger partial charge in [0.15, 0.2) is 5.78 Å². The Hall–Kier alpha value is -2.65. The van der Waals surface area contributed by atoms with Crippen LogP contribution in [0.15, 0.2) is 36.0 Å². The van der Waals surface area contributed by atoms with Crippen molar-refractivity contribution in [3.05, 3.63) is 46.7 Å². The molecule has 0 saturated carbocycles. The van der Waals surface area contributed by atoms with Crippen molar-refractivity contribution < 1.29 is 9.53 Å². The summed E-state index contributed by atoms with van der Waals surface area (Å²) in [5.41, 5.74) is 1.56. The van der Waals surface area contributed by atoms with E-state index in [1.54, 1.807) is 22.3 Å². The van der Waals surface area contributed by atoms with Gasteiger partial charge in [0.25, 0.3) is 0 Å². The molecular formula is C22H28N6O2S. The molecule has 0 unspecified atom stereocenters. The van der Waals surface area contributed by atoms with Crippen LogP contribution in [0, 0.1) is 5.41 Å². The predicted molar refractivity (Wildman–Crippen MR) is 118 cm³/mol. The minimum atomic E-state index is -0.269. The van der Waals surface area contributed by atoms with Gasteiger partial charge < -0.3 is 4.74 Å². The van der Waals surface area contributed by atoms with Gasteiger partial charge in [-0.3, -0.25) is 9.69 Å². The number of carbonyl (C=O) groups excluding carboxylic acids is 1. The molecule has 164 valence electrons. The van der Waals surface area contributed by atoms with Gasteiger partial charge in [0.2, 0.25) is 0 Å². The van der Waals surface area contributed by atoms with Crippen molar-refractivity contribution in [2.24, 2.45) is 5.41 Å². The molecule has 0 radical (unpaired) electrons. The summed E-state index contributed by atoms with van der Waals surface area (Å²) >= 11 is 1.71. The van der Waals surface area contributed by atoms with E-state index < -0.39 is 0 Å². The van der Waals surface area contributed by atoms with E-state index in [1.165, 1.54) is 5.01 Å². The van der Waals surface area contributed by atoms with Crippen molar-refractivity contribution in [3.63, 3.8) is 0 Å². The van der Waals surface area contributed by atoms with Gasteiger partial charge in [-0.2, -0.15) is 0 Å². The lowest BCUT2D eigenvalue weighted by Crippen LogP contribution is -2.40. The third-order valence-corrected chi connectivity index (χ3v) is 6.60. The standard InChI is InChI=1S/C22H28N6O2S/c1-22(2,3)20(29)12-27-10-8-16(9-11-27)21-24-17(14-31-21)13-30-19-6-4-18(5-7-19)28-15-23-25-26-28/h4-7,14-16H,8-13H2,1-3H3. The fourth-order valence-electron chi connectivity index (χ4n) is 3.49. The first kappa shape index (κ1) is 21.6.